The monoisotopic (exact) mass is 504 g/mol. The van der Waals surface area contributed by atoms with E-state index >= 15 is 0 Å². The predicted molar refractivity (Wildman–Crippen MR) is 164 cm³/mol. The van der Waals surface area contributed by atoms with Gasteiger partial charge in [0.25, 0.3) is 0 Å². The fraction of sp³-hybridized carbons (Fsp3) is 0.0811. The molecule has 1 unspecified atom stereocenters. The molecule has 7 rings (SSSR count). The average Bonchev–Trinajstić information content (AvgIpc) is 3.34. The van der Waals surface area contributed by atoms with Crippen LogP contribution in [-0.2, 0) is 12.8 Å². The van der Waals surface area contributed by atoms with Gasteiger partial charge >= 0.3 is 0 Å². The molecular formula is C37H28S. The molecule has 0 radical (unpaired) electrons. The summed E-state index contributed by atoms with van der Waals surface area (Å²) in [6.45, 7) is 0. The minimum absolute atomic E-state index is 0.524. The molecule has 4 aromatic carbocycles. The van der Waals surface area contributed by atoms with Crippen LogP contribution >= 0.6 is 11.3 Å². The van der Waals surface area contributed by atoms with Gasteiger partial charge < -0.3 is 0 Å². The third kappa shape index (κ3) is 4.40. The Bertz CT molecular complexity index is 1740. The van der Waals surface area contributed by atoms with Gasteiger partial charge in [-0.1, -0.05) is 115 Å². The van der Waals surface area contributed by atoms with Gasteiger partial charge in [-0.2, -0.15) is 0 Å². The van der Waals surface area contributed by atoms with Crippen molar-refractivity contribution < 1.29 is 0 Å². The van der Waals surface area contributed by atoms with Crippen LogP contribution in [0.3, 0.4) is 0 Å². The molecule has 1 heterocycles. The molecule has 0 amide bonds. The maximum absolute atomic E-state index is 2.42. The molecule has 0 aliphatic heterocycles. The second-order valence-corrected chi connectivity index (χ2v) is 11.2. The Kier molecular flexibility index (Phi) is 6.00. The van der Waals surface area contributed by atoms with E-state index < -0.39 is 0 Å². The predicted octanol–water partition coefficient (Wildman–Crippen LogP) is 9.92. The first-order valence-electron chi connectivity index (χ1n) is 13.3. The maximum Gasteiger partial charge on any atom is 0.0352 e. The molecule has 0 saturated heterocycles. The van der Waals surface area contributed by atoms with Crippen LogP contribution in [0, 0.1) is 5.92 Å². The molecule has 0 spiro atoms. The zero-order valence-corrected chi connectivity index (χ0v) is 22.0. The molecule has 0 fully saturated rings. The van der Waals surface area contributed by atoms with Crippen molar-refractivity contribution >= 4 is 33.1 Å². The highest BCUT2D eigenvalue weighted by Gasteiger charge is 2.23. The van der Waals surface area contributed by atoms with Crippen molar-refractivity contribution in [1.82, 2.24) is 0 Å². The molecule has 1 atom stereocenters. The molecule has 0 nitrogen and oxygen atoms in total. The zero-order valence-electron chi connectivity index (χ0n) is 21.2. The first kappa shape index (κ1) is 23.0. The molecule has 182 valence electrons. The van der Waals surface area contributed by atoms with E-state index in [1.807, 2.05) is 11.3 Å². The summed E-state index contributed by atoms with van der Waals surface area (Å²) in [6.07, 6.45) is 15.8. The Balaban J connectivity index is 1.28. The topological polar surface area (TPSA) is 0 Å². The molecule has 1 aromatic heterocycles. The Morgan fingerprint density at radius 3 is 2.42 bits per heavy atom. The van der Waals surface area contributed by atoms with Crippen molar-refractivity contribution in [3.05, 3.63) is 166 Å². The van der Waals surface area contributed by atoms with Gasteiger partial charge in [0.15, 0.2) is 0 Å². The van der Waals surface area contributed by atoms with Crippen LogP contribution in [0.25, 0.3) is 32.9 Å². The highest BCUT2D eigenvalue weighted by atomic mass is 32.1. The van der Waals surface area contributed by atoms with Gasteiger partial charge in [0, 0.05) is 20.9 Å². The summed E-state index contributed by atoms with van der Waals surface area (Å²) in [5, 5.41) is 1.38. The van der Waals surface area contributed by atoms with E-state index in [0.717, 1.165) is 12.8 Å². The Morgan fingerprint density at radius 1 is 0.763 bits per heavy atom. The summed E-state index contributed by atoms with van der Waals surface area (Å²) in [5.74, 6) is 0.524. The van der Waals surface area contributed by atoms with Gasteiger partial charge in [-0.3, -0.25) is 0 Å². The van der Waals surface area contributed by atoms with Gasteiger partial charge in [-0.15, -0.1) is 11.3 Å². The number of benzene rings is 4. The lowest BCUT2D eigenvalue weighted by Crippen LogP contribution is -2.09. The van der Waals surface area contributed by atoms with E-state index in [1.54, 1.807) is 0 Å². The lowest BCUT2D eigenvalue weighted by Gasteiger charge is -2.21. The van der Waals surface area contributed by atoms with Gasteiger partial charge in [0.1, 0.15) is 0 Å². The Labute approximate surface area is 228 Å². The van der Waals surface area contributed by atoms with Crippen molar-refractivity contribution in [1.29, 1.82) is 0 Å². The second kappa shape index (κ2) is 9.93. The first-order chi connectivity index (χ1) is 18.8. The third-order valence-electron chi connectivity index (χ3n) is 7.67. The van der Waals surface area contributed by atoms with Gasteiger partial charge in [-0.05, 0) is 81.6 Å². The molecule has 1 heteroatoms. The highest BCUT2D eigenvalue weighted by Crippen LogP contribution is 2.42. The largest absolute Gasteiger partial charge is 0.140 e. The van der Waals surface area contributed by atoms with Crippen LogP contribution in [0.2, 0.25) is 0 Å². The summed E-state index contributed by atoms with van der Waals surface area (Å²) in [5.41, 5.74) is 10.5. The van der Waals surface area contributed by atoms with E-state index in [4.69, 9.17) is 0 Å². The van der Waals surface area contributed by atoms with Crippen LogP contribution < -0.4 is 0 Å². The Morgan fingerprint density at radius 2 is 1.55 bits per heavy atom. The number of hydrogen-bond donors (Lipinski definition) is 0. The maximum atomic E-state index is 2.42. The van der Waals surface area contributed by atoms with Crippen molar-refractivity contribution in [3.63, 3.8) is 0 Å². The van der Waals surface area contributed by atoms with E-state index in [9.17, 15) is 0 Å². The van der Waals surface area contributed by atoms with Gasteiger partial charge in [0.2, 0.25) is 0 Å². The van der Waals surface area contributed by atoms with Crippen molar-refractivity contribution in [2.45, 2.75) is 12.8 Å². The summed E-state index contributed by atoms with van der Waals surface area (Å²) < 4.78 is 1.38. The average molecular weight is 505 g/mol. The van der Waals surface area contributed by atoms with Crippen LogP contribution in [0.15, 0.2) is 139 Å². The molecule has 0 saturated carbocycles. The van der Waals surface area contributed by atoms with Gasteiger partial charge in [-0.25, -0.2) is 0 Å². The summed E-state index contributed by atoms with van der Waals surface area (Å²) in [6, 6.07) is 37.5. The first-order valence-corrected chi connectivity index (χ1v) is 14.2. The minimum Gasteiger partial charge on any atom is -0.140 e. The van der Waals surface area contributed by atoms with Crippen molar-refractivity contribution in [2.24, 2.45) is 5.92 Å². The molecule has 0 N–H and O–H groups in total. The van der Waals surface area contributed by atoms with E-state index in [-0.39, 0.29) is 0 Å². The van der Waals surface area contributed by atoms with Crippen LogP contribution in [0.1, 0.15) is 27.1 Å². The summed E-state index contributed by atoms with van der Waals surface area (Å²) >= 11 is 1.96. The number of thiophene rings is 1. The lowest BCUT2D eigenvalue weighted by atomic mass is 9.84. The molecule has 38 heavy (non-hydrogen) atoms. The van der Waals surface area contributed by atoms with E-state index in [2.05, 4.69) is 140 Å². The van der Waals surface area contributed by atoms with Crippen LogP contribution in [-0.4, -0.2) is 0 Å². The fourth-order valence-corrected chi connectivity index (χ4v) is 6.91. The summed E-state index contributed by atoms with van der Waals surface area (Å²) in [7, 11) is 0. The lowest BCUT2D eigenvalue weighted by molar-refractivity contribution is 0.771. The quantitative estimate of drug-likeness (QED) is 0.223. The number of fused-ring (bicyclic) bond motifs is 4. The zero-order chi connectivity index (χ0) is 25.3. The fourth-order valence-electron chi connectivity index (χ4n) is 5.68. The number of rotatable bonds is 5. The van der Waals surface area contributed by atoms with Crippen LogP contribution in [0.4, 0.5) is 0 Å². The van der Waals surface area contributed by atoms with Crippen molar-refractivity contribution in [2.75, 3.05) is 0 Å². The molecule has 2 aliphatic rings. The summed E-state index contributed by atoms with van der Waals surface area (Å²) in [4.78, 5) is 1.51. The number of allylic oxidation sites excluding steroid dienone is 6. The number of hydrogen-bond acceptors (Lipinski definition) is 1. The molecule has 0 bridgehead atoms. The molecular weight excluding hydrogens is 476 g/mol. The van der Waals surface area contributed by atoms with E-state index in [0.29, 0.717) is 5.92 Å². The highest BCUT2D eigenvalue weighted by molar-refractivity contribution is 7.19. The normalized spacial score (nSPS) is 16.3. The SMILES string of the molecule is C1=CC2=Cc3c(sc4ccc(-c5cccc(/C(=C/Cc6ccccc6)c6ccccc6)c5)cc34)CC2C=C1. The molecule has 2 aliphatic carbocycles. The second-order valence-electron chi connectivity index (χ2n) is 10.1. The van der Waals surface area contributed by atoms with Crippen molar-refractivity contribution in [3.8, 4) is 11.1 Å². The minimum atomic E-state index is 0.524. The van der Waals surface area contributed by atoms with Gasteiger partial charge in [0.05, 0.1) is 0 Å². The Hall–Kier alpha value is -4.20. The smallest absolute Gasteiger partial charge is 0.0352 e. The molecule has 5 aromatic rings. The van der Waals surface area contributed by atoms with Crippen LogP contribution in [0.5, 0.6) is 0 Å². The standard InChI is InChI=1S/C37H28S/c1-3-10-26(11-4-1)18-20-33(27-12-5-2-6-13-27)32-17-9-16-28(22-32)31-19-21-36-34(24-31)35-23-29-14-7-8-15-30(29)25-37(35)38-36/h1-17,19-24,30H,18,25H2/b33-20+. The van der Waals surface area contributed by atoms with E-state index in [1.165, 1.54) is 59.5 Å². The third-order valence-corrected chi connectivity index (χ3v) is 8.88.